The van der Waals surface area contributed by atoms with Crippen LogP contribution in [-0.4, -0.2) is 23.8 Å². The number of methoxy groups -OCH3 is 1. The second kappa shape index (κ2) is 3.73. The Morgan fingerprint density at radius 1 is 1.53 bits per heavy atom. The minimum atomic E-state index is -1.11. The van der Waals surface area contributed by atoms with E-state index in [1.165, 1.54) is 13.4 Å². The number of thiocarbonyl (C=S) groups is 1. The topological polar surface area (TPSA) is 60.7 Å². The molecule has 6 heteroatoms. The first-order valence-electron chi connectivity index (χ1n) is 5.07. The molecule has 1 fully saturated rings. The molecule has 0 aliphatic carbocycles. The maximum absolute atomic E-state index is 11.9. The number of hydrogen-bond donors (Lipinski definition) is 1. The highest BCUT2D eigenvalue weighted by Crippen LogP contribution is 2.41. The fraction of sp³-hybridized carbons (Fsp3) is 0.455. The Hall–Kier alpha value is -1.56. The third kappa shape index (κ3) is 1.51. The second-order valence-corrected chi connectivity index (χ2v) is 4.51. The number of esters is 1. The van der Waals surface area contributed by atoms with Crippen molar-refractivity contribution < 1.29 is 18.7 Å². The summed E-state index contributed by atoms with van der Waals surface area (Å²) in [7, 11) is 1.32. The van der Waals surface area contributed by atoms with Crippen LogP contribution in [0.25, 0.3) is 0 Å². The normalized spacial score (nSPS) is 31.8. The van der Waals surface area contributed by atoms with Crippen molar-refractivity contribution in [3.8, 4) is 0 Å². The zero-order valence-corrected chi connectivity index (χ0v) is 10.6. The molecule has 1 aliphatic rings. The molecule has 1 aromatic heterocycles. The number of furan rings is 1. The van der Waals surface area contributed by atoms with Crippen molar-refractivity contribution >= 4 is 23.4 Å². The van der Waals surface area contributed by atoms with Crippen molar-refractivity contribution in [2.45, 2.75) is 25.0 Å². The molecule has 0 saturated carbocycles. The van der Waals surface area contributed by atoms with Gasteiger partial charge < -0.3 is 19.2 Å². The molecule has 0 aromatic carbocycles. The van der Waals surface area contributed by atoms with Crippen molar-refractivity contribution in [3.63, 3.8) is 0 Å². The van der Waals surface area contributed by atoms with E-state index in [-0.39, 0.29) is 5.17 Å². The molecular formula is C11H13NO4S. The minimum Gasteiger partial charge on any atom is -0.467 e. The van der Waals surface area contributed by atoms with Gasteiger partial charge in [-0.3, -0.25) is 0 Å². The smallest absolute Gasteiger partial charge is 0.336 e. The Bertz CT molecular complexity index is 458. The Morgan fingerprint density at radius 2 is 2.24 bits per heavy atom. The van der Waals surface area contributed by atoms with Gasteiger partial charge in [0.1, 0.15) is 5.76 Å². The summed E-state index contributed by atoms with van der Waals surface area (Å²) in [6.45, 7) is 3.40. The highest BCUT2D eigenvalue weighted by molar-refractivity contribution is 7.80. The maximum atomic E-state index is 11.9. The fourth-order valence-corrected chi connectivity index (χ4v) is 2.30. The second-order valence-electron chi connectivity index (χ2n) is 4.14. The third-order valence-corrected chi connectivity index (χ3v) is 3.37. The van der Waals surface area contributed by atoms with Crippen molar-refractivity contribution in [1.82, 2.24) is 5.32 Å². The summed E-state index contributed by atoms with van der Waals surface area (Å²) in [6.07, 6.45) is 1.52. The lowest BCUT2D eigenvalue weighted by Crippen LogP contribution is -2.57. The number of hydrogen-bond acceptors (Lipinski definition) is 5. The van der Waals surface area contributed by atoms with E-state index in [1.807, 2.05) is 0 Å². The maximum Gasteiger partial charge on any atom is 0.336 e. The Balaban J connectivity index is 2.51. The highest BCUT2D eigenvalue weighted by atomic mass is 32.1. The molecule has 0 amide bonds. The quantitative estimate of drug-likeness (QED) is 0.635. The number of carbonyl (C=O) groups is 1. The summed E-state index contributed by atoms with van der Waals surface area (Å²) in [5.74, 6) is 0.0500. The fourth-order valence-electron chi connectivity index (χ4n) is 1.93. The molecule has 0 bridgehead atoms. The predicted molar refractivity (Wildman–Crippen MR) is 63.3 cm³/mol. The molecule has 2 atom stereocenters. The van der Waals surface area contributed by atoms with Gasteiger partial charge in [-0.15, -0.1) is 0 Å². The molecular weight excluding hydrogens is 242 g/mol. The van der Waals surface area contributed by atoms with Crippen LogP contribution in [0.4, 0.5) is 0 Å². The van der Waals surface area contributed by atoms with Crippen molar-refractivity contribution in [2.24, 2.45) is 0 Å². The van der Waals surface area contributed by atoms with Crippen LogP contribution in [0.5, 0.6) is 0 Å². The monoisotopic (exact) mass is 255 g/mol. The van der Waals surface area contributed by atoms with Crippen molar-refractivity contribution in [1.29, 1.82) is 0 Å². The average molecular weight is 255 g/mol. The third-order valence-electron chi connectivity index (χ3n) is 3.19. The Labute approximate surface area is 104 Å². The van der Waals surface area contributed by atoms with Crippen LogP contribution in [0.3, 0.4) is 0 Å². The summed E-state index contributed by atoms with van der Waals surface area (Å²) in [5.41, 5.74) is -2.14. The zero-order chi connectivity index (χ0) is 12.7. The summed E-state index contributed by atoms with van der Waals surface area (Å²) < 4.78 is 15.7. The molecule has 0 unspecified atom stereocenters. The Kier molecular flexibility index (Phi) is 2.61. The lowest BCUT2D eigenvalue weighted by atomic mass is 9.81. The van der Waals surface area contributed by atoms with E-state index in [0.717, 1.165) is 0 Å². The zero-order valence-electron chi connectivity index (χ0n) is 9.77. The molecule has 1 aromatic rings. The summed E-state index contributed by atoms with van der Waals surface area (Å²) in [4.78, 5) is 11.9. The first-order chi connectivity index (χ1) is 7.94. The molecule has 0 radical (unpaired) electrons. The molecule has 92 valence electrons. The first kappa shape index (κ1) is 11.9. The largest absolute Gasteiger partial charge is 0.467 e. The predicted octanol–water partition coefficient (Wildman–Crippen LogP) is 1.33. The van der Waals surface area contributed by atoms with Gasteiger partial charge >= 0.3 is 5.97 Å². The van der Waals surface area contributed by atoms with E-state index in [9.17, 15) is 4.79 Å². The number of ether oxygens (including phenoxy) is 2. The molecule has 2 heterocycles. The van der Waals surface area contributed by atoms with Gasteiger partial charge in [0.05, 0.1) is 13.4 Å². The van der Waals surface area contributed by atoms with E-state index in [0.29, 0.717) is 5.76 Å². The van der Waals surface area contributed by atoms with Gasteiger partial charge in [0, 0.05) is 0 Å². The van der Waals surface area contributed by atoms with Gasteiger partial charge in [0.2, 0.25) is 0 Å². The number of carbonyl (C=O) groups excluding carboxylic acids is 1. The van der Waals surface area contributed by atoms with Crippen LogP contribution in [-0.2, 0) is 19.9 Å². The van der Waals surface area contributed by atoms with Crippen LogP contribution >= 0.6 is 12.2 Å². The van der Waals surface area contributed by atoms with Crippen LogP contribution in [0.15, 0.2) is 22.8 Å². The minimum absolute atomic E-state index is 0.150. The molecule has 0 spiro atoms. The van der Waals surface area contributed by atoms with E-state index >= 15 is 0 Å². The van der Waals surface area contributed by atoms with Gasteiger partial charge in [0.25, 0.3) is 5.17 Å². The first-order valence-corrected chi connectivity index (χ1v) is 5.48. The van der Waals surface area contributed by atoms with Crippen LogP contribution < -0.4 is 5.32 Å². The summed E-state index contributed by atoms with van der Waals surface area (Å²) in [6, 6.07) is 3.46. The Morgan fingerprint density at radius 3 is 2.76 bits per heavy atom. The van der Waals surface area contributed by atoms with E-state index in [1.54, 1.807) is 26.0 Å². The summed E-state index contributed by atoms with van der Waals surface area (Å²) >= 11 is 4.98. The van der Waals surface area contributed by atoms with Crippen LogP contribution in [0, 0.1) is 0 Å². The molecule has 5 nitrogen and oxygen atoms in total. The van der Waals surface area contributed by atoms with Gasteiger partial charge in [-0.25, -0.2) is 4.79 Å². The number of rotatable bonds is 2. The highest BCUT2D eigenvalue weighted by Gasteiger charge is 2.61. The molecule has 1 aliphatic heterocycles. The van der Waals surface area contributed by atoms with Crippen molar-refractivity contribution in [2.75, 3.05) is 7.11 Å². The SMILES string of the molecule is COC(=O)[C@]1(C)NC(=S)O[C@]1(C)c1ccco1. The van der Waals surface area contributed by atoms with Crippen LogP contribution in [0.2, 0.25) is 0 Å². The van der Waals surface area contributed by atoms with E-state index in [2.05, 4.69) is 5.32 Å². The molecule has 2 rings (SSSR count). The van der Waals surface area contributed by atoms with Gasteiger partial charge in [0.15, 0.2) is 11.1 Å². The molecule has 1 N–H and O–H groups in total. The van der Waals surface area contributed by atoms with Gasteiger partial charge in [-0.2, -0.15) is 0 Å². The van der Waals surface area contributed by atoms with E-state index in [4.69, 9.17) is 26.1 Å². The lowest BCUT2D eigenvalue weighted by Gasteiger charge is -2.33. The number of nitrogens with one attached hydrogen (secondary N) is 1. The van der Waals surface area contributed by atoms with Crippen molar-refractivity contribution in [3.05, 3.63) is 24.2 Å². The van der Waals surface area contributed by atoms with E-state index < -0.39 is 17.1 Å². The average Bonchev–Trinajstić information content (AvgIpc) is 2.86. The molecule has 17 heavy (non-hydrogen) atoms. The summed E-state index contributed by atoms with van der Waals surface area (Å²) in [5, 5.41) is 2.98. The van der Waals surface area contributed by atoms with Crippen LogP contribution in [0.1, 0.15) is 19.6 Å². The molecule has 1 saturated heterocycles. The standard InChI is InChI=1S/C11H13NO4S/c1-10(8(13)14-3)11(2,16-9(17)12-10)7-5-4-6-15-7/h4-6H,1-3H3,(H,12,17)/t10-,11+/m0/s1. The van der Waals surface area contributed by atoms with Gasteiger partial charge in [-0.1, -0.05) is 0 Å². The lowest BCUT2D eigenvalue weighted by molar-refractivity contribution is -0.154. The van der Waals surface area contributed by atoms with Gasteiger partial charge in [-0.05, 0) is 38.2 Å².